The summed E-state index contributed by atoms with van der Waals surface area (Å²) in [6, 6.07) is 0.325. The van der Waals surface area contributed by atoms with Crippen molar-refractivity contribution in [3.63, 3.8) is 0 Å². The van der Waals surface area contributed by atoms with Gasteiger partial charge >= 0.3 is 6.01 Å². The zero-order valence-electron chi connectivity index (χ0n) is 13.5. The molecule has 0 saturated heterocycles. The van der Waals surface area contributed by atoms with Crippen molar-refractivity contribution < 1.29 is 9.47 Å². The van der Waals surface area contributed by atoms with E-state index >= 15 is 0 Å². The molecule has 7 heteroatoms. The molecule has 21 heavy (non-hydrogen) atoms. The Bertz CT molecular complexity index is 401. The quantitative estimate of drug-likeness (QED) is 0.607. The van der Waals surface area contributed by atoms with Gasteiger partial charge in [0.2, 0.25) is 11.9 Å². The Balaban J connectivity index is 2.39. The molecule has 0 bridgehead atoms. The van der Waals surface area contributed by atoms with Crippen molar-refractivity contribution in [1.29, 1.82) is 0 Å². The van der Waals surface area contributed by atoms with Crippen LogP contribution in [0, 0.1) is 0 Å². The zero-order chi connectivity index (χ0) is 15.5. The van der Waals surface area contributed by atoms with Crippen LogP contribution in [-0.4, -0.2) is 47.9 Å². The molecule has 0 amide bonds. The van der Waals surface area contributed by atoms with Gasteiger partial charge in [0.15, 0.2) is 0 Å². The van der Waals surface area contributed by atoms with Gasteiger partial charge in [-0.1, -0.05) is 13.3 Å². The van der Waals surface area contributed by atoms with Crippen molar-refractivity contribution in [2.45, 2.75) is 46.1 Å². The zero-order valence-corrected chi connectivity index (χ0v) is 13.5. The molecule has 0 aromatic carbocycles. The van der Waals surface area contributed by atoms with Crippen molar-refractivity contribution in [2.75, 3.05) is 37.4 Å². The first-order valence-electron chi connectivity index (χ1n) is 7.57. The molecule has 0 aliphatic carbocycles. The van der Waals surface area contributed by atoms with Crippen LogP contribution in [0.4, 0.5) is 11.9 Å². The summed E-state index contributed by atoms with van der Waals surface area (Å²) in [7, 11) is 1.76. The Kier molecular flexibility index (Phi) is 8.42. The van der Waals surface area contributed by atoms with E-state index < -0.39 is 0 Å². The SMILES string of the molecule is CCCCOCCCNc1nc(NC)nc(OC(C)C)n1. The fourth-order valence-corrected chi connectivity index (χ4v) is 1.53. The summed E-state index contributed by atoms with van der Waals surface area (Å²) in [5.74, 6) is 1.00. The first-order chi connectivity index (χ1) is 10.2. The summed E-state index contributed by atoms with van der Waals surface area (Å²) in [4.78, 5) is 12.6. The number of hydrogen-bond acceptors (Lipinski definition) is 7. The monoisotopic (exact) mass is 297 g/mol. The number of hydrogen-bond donors (Lipinski definition) is 2. The highest BCUT2D eigenvalue weighted by atomic mass is 16.5. The third-order valence-corrected chi connectivity index (χ3v) is 2.57. The smallest absolute Gasteiger partial charge is 0.323 e. The van der Waals surface area contributed by atoms with Crippen molar-refractivity contribution in [3.8, 4) is 6.01 Å². The third-order valence-electron chi connectivity index (χ3n) is 2.57. The molecule has 0 atom stereocenters. The molecule has 7 nitrogen and oxygen atoms in total. The van der Waals surface area contributed by atoms with E-state index in [0.717, 1.165) is 39.0 Å². The number of nitrogens with one attached hydrogen (secondary N) is 2. The second kappa shape index (κ2) is 10.1. The predicted octanol–water partition coefficient (Wildman–Crippen LogP) is 2.32. The van der Waals surface area contributed by atoms with Crippen molar-refractivity contribution >= 4 is 11.9 Å². The normalized spacial score (nSPS) is 10.7. The van der Waals surface area contributed by atoms with E-state index in [4.69, 9.17) is 9.47 Å². The third kappa shape index (κ3) is 7.65. The van der Waals surface area contributed by atoms with Gasteiger partial charge in [-0.25, -0.2) is 0 Å². The minimum absolute atomic E-state index is 0.0249. The van der Waals surface area contributed by atoms with E-state index in [-0.39, 0.29) is 6.10 Å². The molecule has 0 unspecified atom stereocenters. The van der Waals surface area contributed by atoms with Crippen molar-refractivity contribution in [3.05, 3.63) is 0 Å². The molecule has 1 heterocycles. The molecule has 1 aromatic rings. The van der Waals surface area contributed by atoms with Gasteiger partial charge in [-0.3, -0.25) is 0 Å². The molecule has 1 aromatic heterocycles. The van der Waals surface area contributed by atoms with Gasteiger partial charge in [-0.2, -0.15) is 15.0 Å². The van der Waals surface area contributed by atoms with Crippen LogP contribution in [0.15, 0.2) is 0 Å². The lowest BCUT2D eigenvalue weighted by Crippen LogP contribution is -2.14. The highest BCUT2D eigenvalue weighted by Gasteiger charge is 2.07. The minimum Gasteiger partial charge on any atom is -0.461 e. The minimum atomic E-state index is 0.0249. The molecule has 120 valence electrons. The highest BCUT2D eigenvalue weighted by molar-refractivity contribution is 5.35. The molecule has 2 N–H and O–H groups in total. The van der Waals surface area contributed by atoms with Crippen LogP contribution < -0.4 is 15.4 Å². The molecule has 1 rings (SSSR count). The van der Waals surface area contributed by atoms with Gasteiger partial charge in [-0.05, 0) is 26.7 Å². The summed E-state index contributed by atoms with van der Waals surface area (Å²) in [5.41, 5.74) is 0. The Morgan fingerprint density at radius 3 is 2.43 bits per heavy atom. The second-order valence-electron chi connectivity index (χ2n) is 4.93. The molecule has 0 aliphatic rings. The molecular formula is C14H27N5O2. The summed E-state index contributed by atoms with van der Waals surface area (Å²) in [5, 5.41) is 6.06. The predicted molar refractivity (Wildman–Crippen MR) is 84.0 cm³/mol. The van der Waals surface area contributed by atoms with E-state index in [1.165, 1.54) is 0 Å². The van der Waals surface area contributed by atoms with Gasteiger partial charge in [0.25, 0.3) is 0 Å². The number of ether oxygens (including phenoxy) is 2. The highest BCUT2D eigenvalue weighted by Crippen LogP contribution is 2.12. The first kappa shape index (κ1) is 17.4. The maximum Gasteiger partial charge on any atom is 0.323 e. The summed E-state index contributed by atoms with van der Waals surface area (Å²) in [6.45, 7) is 8.35. The largest absolute Gasteiger partial charge is 0.461 e. The van der Waals surface area contributed by atoms with Gasteiger partial charge < -0.3 is 20.1 Å². The van der Waals surface area contributed by atoms with E-state index in [0.29, 0.717) is 17.9 Å². The lowest BCUT2D eigenvalue weighted by atomic mass is 10.4. The van der Waals surface area contributed by atoms with Crippen LogP contribution in [0.5, 0.6) is 6.01 Å². The Morgan fingerprint density at radius 1 is 1.05 bits per heavy atom. The number of nitrogens with zero attached hydrogens (tertiary/aromatic N) is 3. The Hall–Kier alpha value is -1.63. The standard InChI is InChI=1S/C14H27N5O2/c1-5-6-9-20-10-7-8-16-13-17-12(15-4)18-14(19-13)21-11(2)3/h11H,5-10H2,1-4H3,(H2,15,16,17,18,19). The van der Waals surface area contributed by atoms with Crippen LogP contribution in [0.2, 0.25) is 0 Å². The molecular weight excluding hydrogens is 270 g/mol. The summed E-state index contributed by atoms with van der Waals surface area (Å²) in [6.07, 6.45) is 3.21. The van der Waals surface area contributed by atoms with Crippen molar-refractivity contribution in [2.24, 2.45) is 0 Å². The van der Waals surface area contributed by atoms with E-state index in [9.17, 15) is 0 Å². The van der Waals surface area contributed by atoms with Crippen LogP contribution in [0.3, 0.4) is 0 Å². The van der Waals surface area contributed by atoms with Crippen LogP contribution in [0.25, 0.3) is 0 Å². The molecule has 0 aliphatic heterocycles. The van der Waals surface area contributed by atoms with E-state index in [2.05, 4.69) is 32.5 Å². The number of aromatic nitrogens is 3. The average Bonchev–Trinajstić information content (AvgIpc) is 2.45. The Morgan fingerprint density at radius 2 is 1.76 bits per heavy atom. The van der Waals surface area contributed by atoms with Crippen LogP contribution in [0.1, 0.15) is 40.0 Å². The maximum atomic E-state index is 5.50. The number of unbranched alkanes of at least 4 members (excludes halogenated alkanes) is 1. The average molecular weight is 297 g/mol. The van der Waals surface area contributed by atoms with Gasteiger partial charge in [-0.15, -0.1) is 0 Å². The molecule has 0 fully saturated rings. The fraction of sp³-hybridized carbons (Fsp3) is 0.786. The first-order valence-corrected chi connectivity index (χ1v) is 7.57. The summed E-state index contributed by atoms with van der Waals surface area (Å²) >= 11 is 0. The fourth-order valence-electron chi connectivity index (χ4n) is 1.53. The van der Waals surface area contributed by atoms with Crippen LogP contribution in [-0.2, 0) is 4.74 Å². The lowest BCUT2D eigenvalue weighted by Gasteiger charge is -2.11. The number of rotatable bonds is 11. The molecule has 0 radical (unpaired) electrons. The Labute approximate surface area is 126 Å². The summed E-state index contributed by atoms with van der Waals surface area (Å²) < 4.78 is 11.0. The van der Waals surface area contributed by atoms with Gasteiger partial charge in [0.05, 0.1) is 6.10 Å². The second-order valence-corrected chi connectivity index (χ2v) is 4.93. The molecule has 0 saturated carbocycles. The molecule has 0 spiro atoms. The van der Waals surface area contributed by atoms with E-state index in [1.54, 1.807) is 7.05 Å². The maximum absolute atomic E-state index is 5.50. The van der Waals surface area contributed by atoms with Gasteiger partial charge in [0, 0.05) is 26.8 Å². The van der Waals surface area contributed by atoms with E-state index in [1.807, 2.05) is 13.8 Å². The number of anilines is 2. The van der Waals surface area contributed by atoms with Gasteiger partial charge in [0.1, 0.15) is 0 Å². The van der Waals surface area contributed by atoms with Crippen molar-refractivity contribution in [1.82, 2.24) is 15.0 Å². The van der Waals surface area contributed by atoms with Crippen LogP contribution >= 0.6 is 0 Å². The topological polar surface area (TPSA) is 81.2 Å². The lowest BCUT2D eigenvalue weighted by molar-refractivity contribution is 0.131.